The maximum Gasteiger partial charge on any atom is 0.410 e. The van der Waals surface area contributed by atoms with Crippen LogP contribution in [0, 0.1) is 5.82 Å². The molecule has 0 atom stereocenters. The van der Waals surface area contributed by atoms with Crippen molar-refractivity contribution in [1.82, 2.24) is 19.9 Å². The molecule has 0 aliphatic carbocycles. The smallest absolute Gasteiger partial charge is 0.410 e. The predicted molar refractivity (Wildman–Crippen MR) is 122 cm³/mol. The van der Waals surface area contributed by atoms with Gasteiger partial charge < -0.3 is 14.5 Å². The Hall–Kier alpha value is -3.29. The SMILES string of the molecule is CCc1nc(N2CCN(C(=O)OC(C)(C)C)CC2)c2nc(-c3ccc(F)cc3)ccc2n1. The van der Waals surface area contributed by atoms with E-state index in [2.05, 4.69) is 9.88 Å². The molecule has 7 nitrogen and oxygen atoms in total. The molecule has 1 saturated heterocycles. The van der Waals surface area contributed by atoms with Crippen molar-refractivity contribution < 1.29 is 13.9 Å². The topological polar surface area (TPSA) is 71.5 Å². The minimum Gasteiger partial charge on any atom is -0.444 e. The van der Waals surface area contributed by atoms with E-state index in [1.165, 1.54) is 12.1 Å². The van der Waals surface area contributed by atoms with Gasteiger partial charge >= 0.3 is 6.09 Å². The molecule has 3 aromatic rings. The molecule has 1 aliphatic heterocycles. The summed E-state index contributed by atoms with van der Waals surface area (Å²) in [6, 6.07) is 10.1. The maximum absolute atomic E-state index is 13.3. The molecule has 8 heteroatoms. The molecule has 2 aromatic heterocycles. The molecule has 1 aromatic carbocycles. The first kappa shape index (κ1) is 21.9. The van der Waals surface area contributed by atoms with E-state index in [9.17, 15) is 9.18 Å². The third-order valence-electron chi connectivity index (χ3n) is 5.26. The van der Waals surface area contributed by atoms with Gasteiger partial charge in [0, 0.05) is 38.2 Å². The number of ether oxygens (including phenoxy) is 1. The van der Waals surface area contributed by atoms with E-state index in [1.54, 1.807) is 17.0 Å². The molecule has 0 bridgehead atoms. The van der Waals surface area contributed by atoms with Crippen LogP contribution in [0.5, 0.6) is 0 Å². The largest absolute Gasteiger partial charge is 0.444 e. The summed E-state index contributed by atoms with van der Waals surface area (Å²) in [5, 5.41) is 0. The number of aryl methyl sites for hydroxylation is 1. The van der Waals surface area contributed by atoms with Crippen molar-refractivity contribution >= 4 is 22.9 Å². The molecule has 0 radical (unpaired) electrons. The molecule has 0 N–H and O–H groups in total. The lowest BCUT2D eigenvalue weighted by molar-refractivity contribution is 0.0240. The van der Waals surface area contributed by atoms with Crippen molar-refractivity contribution in [3.8, 4) is 11.3 Å². The number of anilines is 1. The van der Waals surface area contributed by atoms with Crippen molar-refractivity contribution in [3.63, 3.8) is 0 Å². The predicted octanol–water partition coefficient (Wildman–Crippen LogP) is 4.45. The van der Waals surface area contributed by atoms with Crippen molar-refractivity contribution in [1.29, 1.82) is 0 Å². The summed E-state index contributed by atoms with van der Waals surface area (Å²) < 4.78 is 18.8. The molecule has 0 saturated carbocycles. The quantitative estimate of drug-likeness (QED) is 0.603. The highest BCUT2D eigenvalue weighted by atomic mass is 19.1. The van der Waals surface area contributed by atoms with Crippen LogP contribution < -0.4 is 4.90 Å². The van der Waals surface area contributed by atoms with E-state index >= 15 is 0 Å². The fraction of sp³-hybridized carbons (Fsp3) is 0.417. The first-order chi connectivity index (χ1) is 15.2. The van der Waals surface area contributed by atoms with Gasteiger partial charge in [-0.15, -0.1) is 0 Å². The number of amides is 1. The van der Waals surface area contributed by atoms with Crippen molar-refractivity contribution in [2.75, 3.05) is 31.1 Å². The Morgan fingerprint density at radius 3 is 2.31 bits per heavy atom. The van der Waals surface area contributed by atoms with Crippen LogP contribution in [0.25, 0.3) is 22.3 Å². The highest BCUT2D eigenvalue weighted by Crippen LogP contribution is 2.27. The molecule has 1 fully saturated rings. The lowest BCUT2D eigenvalue weighted by atomic mass is 10.1. The van der Waals surface area contributed by atoms with Crippen LogP contribution in [0.3, 0.4) is 0 Å². The zero-order chi connectivity index (χ0) is 22.9. The number of carbonyl (C=O) groups excluding carboxylic acids is 1. The van der Waals surface area contributed by atoms with Crippen molar-refractivity contribution in [2.24, 2.45) is 0 Å². The molecule has 32 heavy (non-hydrogen) atoms. The van der Waals surface area contributed by atoms with E-state index in [0.29, 0.717) is 38.1 Å². The van der Waals surface area contributed by atoms with Crippen LogP contribution in [0.4, 0.5) is 15.0 Å². The monoisotopic (exact) mass is 437 g/mol. The number of rotatable bonds is 3. The van der Waals surface area contributed by atoms with Crippen LogP contribution in [-0.4, -0.2) is 57.7 Å². The van der Waals surface area contributed by atoms with Gasteiger partial charge in [0.15, 0.2) is 5.82 Å². The lowest BCUT2D eigenvalue weighted by Crippen LogP contribution is -2.50. The summed E-state index contributed by atoms with van der Waals surface area (Å²) in [7, 11) is 0. The van der Waals surface area contributed by atoms with Crippen LogP contribution in [0.1, 0.15) is 33.5 Å². The van der Waals surface area contributed by atoms with Gasteiger partial charge in [-0.05, 0) is 57.2 Å². The third-order valence-corrected chi connectivity index (χ3v) is 5.26. The molecule has 0 unspecified atom stereocenters. The first-order valence-electron chi connectivity index (χ1n) is 10.9. The van der Waals surface area contributed by atoms with Gasteiger partial charge in [-0.25, -0.2) is 24.1 Å². The van der Waals surface area contributed by atoms with Gasteiger partial charge in [-0.3, -0.25) is 0 Å². The summed E-state index contributed by atoms with van der Waals surface area (Å²) in [5.41, 5.74) is 2.52. The summed E-state index contributed by atoms with van der Waals surface area (Å²) in [5.74, 6) is 1.23. The van der Waals surface area contributed by atoms with E-state index < -0.39 is 5.60 Å². The molecule has 1 aliphatic rings. The van der Waals surface area contributed by atoms with Gasteiger partial charge in [-0.1, -0.05) is 6.92 Å². The van der Waals surface area contributed by atoms with Crippen LogP contribution in [0.2, 0.25) is 0 Å². The summed E-state index contributed by atoms with van der Waals surface area (Å²) in [6.45, 7) is 9.94. The second-order valence-electron chi connectivity index (χ2n) is 8.84. The zero-order valence-corrected chi connectivity index (χ0v) is 18.9. The first-order valence-corrected chi connectivity index (χ1v) is 10.9. The third kappa shape index (κ3) is 4.79. The van der Waals surface area contributed by atoms with Gasteiger partial charge in [0.1, 0.15) is 22.8 Å². The van der Waals surface area contributed by atoms with Gasteiger partial charge in [0.2, 0.25) is 0 Å². The van der Waals surface area contributed by atoms with Crippen molar-refractivity contribution in [3.05, 3.63) is 48.0 Å². The van der Waals surface area contributed by atoms with Crippen LogP contribution >= 0.6 is 0 Å². The second-order valence-corrected chi connectivity index (χ2v) is 8.84. The summed E-state index contributed by atoms with van der Waals surface area (Å²) in [4.78, 5) is 30.5. The Labute approximate surface area is 187 Å². The fourth-order valence-electron chi connectivity index (χ4n) is 3.63. The molecule has 0 spiro atoms. The Morgan fingerprint density at radius 2 is 1.69 bits per heavy atom. The number of aromatic nitrogens is 3. The average molecular weight is 438 g/mol. The number of fused-ring (bicyclic) bond motifs is 1. The van der Waals surface area contributed by atoms with Gasteiger partial charge in [-0.2, -0.15) is 0 Å². The molecular formula is C24H28FN5O2. The molecular weight excluding hydrogens is 409 g/mol. The standard InChI is InChI=1S/C24H28FN5O2/c1-5-20-26-19-11-10-18(16-6-8-17(25)9-7-16)27-21(19)22(28-20)29-12-14-30(15-13-29)23(31)32-24(2,3)4/h6-11H,5,12-15H2,1-4H3. The number of benzene rings is 1. The number of carbonyl (C=O) groups is 1. The maximum atomic E-state index is 13.3. The Morgan fingerprint density at radius 1 is 1.00 bits per heavy atom. The minimum absolute atomic E-state index is 0.283. The fourth-order valence-corrected chi connectivity index (χ4v) is 3.63. The molecule has 4 rings (SSSR count). The number of piperazine rings is 1. The summed E-state index contributed by atoms with van der Waals surface area (Å²) in [6.07, 6.45) is 0.413. The highest BCUT2D eigenvalue weighted by Gasteiger charge is 2.27. The Balaban J connectivity index is 1.63. The molecule has 1 amide bonds. The normalized spacial score (nSPS) is 14.7. The van der Waals surface area contributed by atoms with Gasteiger partial charge in [0.05, 0.1) is 11.2 Å². The minimum atomic E-state index is -0.520. The Bertz CT molecular complexity index is 1120. The second kappa shape index (κ2) is 8.68. The van der Waals surface area contributed by atoms with Crippen LogP contribution in [0.15, 0.2) is 36.4 Å². The zero-order valence-electron chi connectivity index (χ0n) is 18.9. The lowest BCUT2D eigenvalue weighted by Gasteiger charge is -2.36. The van der Waals surface area contributed by atoms with Crippen molar-refractivity contribution in [2.45, 2.75) is 39.7 Å². The van der Waals surface area contributed by atoms with Gasteiger partial charge in [0.25, 0.3) is 0 Å². The highest BCUT2D eigenvalue weighted by molar-refractivity contribution is 5.88. The average Bonchev–Trinajstić information content (AvgIpc) is 2.77. The van der Waals surface area contributed by atoms with E-state index in [4.69, 9.17) is 14.7 Å². The molecule has 168 valence electrons. The number of nitrogens with zero attached hydrogens (tertiary/aromatic N) is 5. The van der Waals surface area contributed by atoms with Crippen LogP contribution in [-0.2, 0) is 11.2 Å². The number of halogens is 1. The van der Waals surface area contributed by atoms with E-state index in [1.807, 2.05) is 39.8 Å². The van der Waals surface area contributed by atoms with E-state index in [0.717, 1.165) is 28.4 Å². The number of hydrogen-bond acceptors (Lipinski definition) is 6. The van der Waals surface area contributed by atoms with E-state index in [-0.39, 0.29) is 11.9 Å². The summed E-state index contributed by atoms with van der Waals surface area (Å²) >= 11 is 0. The Kier molecular flexibility index (Phi) is 5.95. The molecule has 3 heterocycles. The number of pyridine rings is 1. The number of hydrogen-bond donors (Lipinski definition) is 0.